The number of aliphatic hydroxyl groups excluding tert-OH is 2. The molecule has 2 fully saturated rings. The largest absolute Gasteiger partial charge is 0.394 e. The Bertz CT molecular complexity index is 443. The minimum absolute atomic E-state index is 0.230. The van der Waals surface area contributed by atoms with Gasteiger partial charge in [0.15, 0.2) is 12.1 Å². The Balaban J connectivity index is 1.74. The Morgan fingerprint density at radius 3 is 2.58 bits per heavy atom. The number of nitrogens with zero attached hydrogens (tertiary/aromatic N) is 3. The first-order valence-electron chi connectivity index (χ1n) is 8.41. The molecule has 5 atom stereocenters. The van der Waals surface area contributed by atoms with Gasteiger partial charge in [-0.15, -0.1) is 0 Å². The highest BCUT2D eigenvalue weighted by molar-refractivity contribution is 4.96. The van der Waals surface area contributed by atoms with E-state index in [0.717, 1.165) is 25.7 Å². The van der Waals surface area contributed by atoms with Crippen molar-refractivity contribution < 1.29 is 29.2 Å². The second-order valence-electron chi connectivity index (χ2n) is 6.52. The van der Waals surface area contributed by atoms with Gasteiger partial charge >= 0.3 is 0 Å². The summed E-state index contributed by atoms with van der Waals surface area (Å²) in [5.74, 6) is -0.826. The number of hydrogen-bond acceptors (Lipinski definition) is 7. The Labute approximate surface area is 141 Å². The second-order valence-corrected chi connectivity index (χ2v) is 6.52. The summed E-state index contributed by atoms with van der Waals surface area (Å²) in [6, 6.07) is 0. The van der Waals surface area contributed by atoms with Gasteiger partial charge in [0.25, 0.3) is 0 Å². The maximum atomic E-state index is 10.4. The van der Waals surface area contributed by atoms with Crippen molar-refractivity contribution >= 4 is 0 Å². The smallest absolute Gasteiger partial charge is 0.186 e. The summed E-state index contributed by atoms with van der Waals surface area (Å²) in [5, 5.41) is 23.4. The molecule has 0 radical (unpaired) electrons. The van der Waals surface area contributed by atoms with Gasteiger partial charge in [0, 0.05) is 18.1 Å². The molecule has 2 N–H and O–H groups in total. The molecule has 0 unspecified atom stereocenters. The standard InChI is InChI=1S/C15H27N3O6/c1-15(2)23-12-10(9-19)22-14(11(20)13(12)24-15)21-8-6-4-3-5-7-17-18-16/h10-14,19-20H,3-9H2,1-2H3/t10-,11-,12+,13-,14-/m1/s1. The number of hydrogen-bond donors (Lipinski definition) is 2. The predicted molar refractivity (Wildman–Crippen MR) is 84.0 cm³/mol. The van der Waals surface area contributed by atoms with Gasteiger partial charge in [0.2, 0.25) is 0 Å². The van der Waals surface area contributed by atoms with Crippen molar-refractivity contribution in [1.82, 2.24) is 0 Å². The lowest BCUT2D eigenvalue weighted by molar-refractivity contribution is -0.282. The number of ether oxygens (including phenoxy) is 4. The second kappa shape index (κ2) is 8.96. The molecule has 0 aromatic carbocycles. The van der Waals surface area contributed by atoms with Crippen LogP contribution in [0.25, 0.3) is 10.4 Å². The van der Waals surface area contributed by atoms with Crippen molar-refractivity contribution in [3.8, 4) is 0 Å². The number of unbranched alkanes of at least 4 members (excludes halogenated alkanes) is 3. The van der Waals surface area contributed by atoms with Crippen molar-refractivity contribution in [2.45, 2.75) is 76.0 Å². The average molecular weight is 345 g/mol. The van der Waals surface area contributed by atoms with E-state index in [1.165, 1.54) is 0 Å². The normalized spacial score (nSPS) is 34.6. The quantitative estimate of drug-likeness (QED) is 0.282. The molecule has 0 aromatic rings. The van der Waals surface area contributed by atoms with Crippen LogP contribution in [0.2, 0.25) is 0 Å². The van der Waals surface area contributed by atoms with Gasteiger partial charge in [-0.25, -0.2) is 0 Å². The fourth-order valence-corrected chi connectivity index (χ4v) is 3.02. The minimum atomic E-state index is -0.968. The molecule has 2 aliphatic heterocycles. The molecule has 2 heterocycles. The van der Waals surface area contributed by atoms with Crippen LogP contribution in [0.1, 0.15) is 39.5 Å². The lowest BCUT2D eigenvalue weighted by Gasteiger charge is -2.39. The van der Waals surface area contributed by atoms with Crippen molar-refractivity contribution in [2.24, 2.45) is 5.11 Å². The third kappa shape index (κ3) is 5.03. The van der Waals surface area contributed by atoms with Crippen LogP contribution in [0, 0.1) is 0 Å². The molecule has 0 spiro atoms. The number of rotatable bonds is 9. The van der Waals surface area contributed by atoms with E-state index in [0.29, 0.717) is 13.2 Å². The van der Waals surface area contributed by atoms with Crippen LogP contribution in [-0.4, -0.2) is 66.5 Å². The van der Waals surface area contributed by atoms with E-state index in [-0.39, 0.29) is 6.61 Å². The molecule has 0 saturated carbocycles. The lowest BCUT2D eigenvalue weighted by Crippen LogP contribution is -2.58. The molecule has 0 bridgehead atoms. The topological polar surface area (TPSA) is 126 Å². The number of azide groups is 1. The van der Waals surface area contributed by atoms with Crippen molar-refractivity contribution in [3.63, 3.8) is 0 Å². The van der Waals surface area contributed by atoms with E-state index < -0.39 is 36.5 Å². The molecule has 138 valence electrons. The average Bonchev–Trinajstić information content (AvgIpc) is 2.88. The highest BCUT2D eigenvalue weighted by Crippen LogP contribution is 2.37. The van der Waals surface area contributed by atoms with E-state index in [1.54, 1.807) is 13.8 Å². The van der Waals surface area contributed by atoms with Gasteiger partial charge in [-0.3, -0.25) is 0 Å². The van der Waals surface area contributed by atoms with Crippen LogP contribution in [0.3, 0.4) is 0 Å². The Hall–Kier alpha value is -0.930. The number of fused-ring (bicyclic) bond motifs is 1. The first kappa shape index (κ1) is 19.4. The van der Waals surface area contributed by atoms with Crippen LogP contribution in [0.4, 0.5) is 0 Å². The highest BCUT2D eigenvalue weighted by Gasteiger charge is 2.54. The van der Waals surface area contributed by atoms with Crippen molar-refractivity contribution in [1.29, 1.82) is 0 Å². The van der Waals surface area contributed by atoms with Gasteiger partial charge in [0.05, 0.1) is 6.61 Å². The summed E-state index contributed by atoms with van der Waals surface area (Å²) < 4.78 is 22.7. The zero-order valence-electron chi connectivity index (χ0n) is 14.2. The molecule has 0 aromatic heterocycles. The molecule has 9 heteroatoms. The Kier molecular flexibility index (Phi) is 7.24. The maximum Gasteiger partial charge on any atom is 0.186 e. The molecule has 0 aliphatic carbocycles. The molecular formula is C15H27N3O6. The third-order valence-electron chi connectivity index (χ3n) is 4.13. The van der Waals surface area contributed by atoms with Crippen LogP contribution < -0.4 is 0 Å². The van der Waals surface area contributed by atoms with E-state index >= 15 is 0 Å². The van der Waals surface area contributed by atoms with Gasteiger partial charge in [-0.05, 0) is 32.2 Å². The van der Waals surface area contributed by atoms with E-state index in [9.17, 15) is 10.2 Å². The minimum Gasteiger partial charge on any atom is -0.394 e. The van der Waals surface area contributed by atoms with E-state index in [1.807, 2.05) is 0 Å². The Morgan fingerprint density at radius 2 is 1.88 bits per heavy atom. The van der Waals surface area contributed by atoms with E-state index in [4.69, 9.17) is 24.5 Å². The van der Waals surface area contributed by atoms with Crippen molar-refractivity contribution in [3.05, 3.63) is 10.4 Å². The van der Waals surface area contributed by atoms with Crippen LogP contribution >= 0.6 is 0 Å². The first-order valence-corrected chi connectivity index (χ1v) is 8.41. The van der Waals surface area contributed by atoms with Crippen LogP contribution in [-0.2, 0) is 18.9 Å². The maximum absolute atomic E-state index is 10.4. The summed E-state index contributed by atoms with van der Waals surface area (Å²) >= 11 is 0. The number of aliphatic hydroxyl groups is 2. The molecule has 9 nitrogen and oxygen atoms in total. The van der Waals surface area contributed by atoms with Crippen LogP contribution in [0.15, 0.2) is 5.11 Å². The van der Waals surface area contributed by atoms with E-state index in [2.05, 4.69) is 10.0 Å². The van der Waals surface area contributed by atoms with Crippen molar-refractivity contribution in [2.75, 3.05) is 19.8 Å². The van der Waals surface area contributed by atoms with Crippen LogP contribution in [0.5, 0.6) is 0 Å². The molecule has 2 aliphatic rings. The lowest BCUT2D eigenvalue weighted by atomic mass is 9.99. The fourth-order valence-electron chi connectivity index (χ4n) is 3.02. The van der Waals surface area contributed by atoms with Gasteiger partial charge in [-0.2, -0.15) is 0 Å². The predicted octanol–water partition coefficient (Wildman–Crippen LogP) is 1.47. The molecule has 0 amide bonds. The first-order chi connectivity index (χ1) is 11.5. The summed E-state index contributed by atoms with van der Waals surface area (Å²) in [4.78, 5) is 2.70. The van der Waals surface area contributed by atoms with Gasteiger partial charge < -0.3 is 29.2 Å². The Morgan fingerprint density at radius 1 is 1.17 bits per heavy atom. The monoisotopic (exact) mass is 345 g/mol. The molecular weight excluding hydrogens is 318 g/mol. The highest BCUT2D eigenvalue weighted by atomic mass is 16.8. The zero-order valence-corrected chi connectivity index (χ0v) is 14.2. The van der Waals surface area contributed by atoms with Gasteiger partial charge in [-0.1, -0.05) is 18.0 Å². The fraction of sp³-hybridized carbons (Fsp3) is 1.00. The summed E-state index contributed by atoms with van der Waals surface area (Å²) in [7, 11) is 0. The molecule has 2 saturated heterocycles. The molecule has 2 rings (SSSR count). The third-order valence-corrected chi connectivity index (χ3v) is 4.13. The van der Waals surface area contributed by atoms with Gasteiger partial charge in [0.1, 0.15) is 24.4 Å². The summed E-state index contributed by atoms with van der Waals surface area (Å²) in [5.41, 5.74) is 8.18. The summed E-state index contributed by atoms with van der Waals surface area (Å²) in [6.45, 7) is 4.24. The summed E-state index contributed by atoms with van der Waals surface area (Å²) in [6.07, 6.45) is 0.0486. The zero-order chi connectivity index (χ0) is 17.6. The molecule has 24 heavy (non-hydrogen) atoms. The SMILES string of the molecule is CC1(C)O[C@@H]2[C@@H](O)[C@H](OCCCCCCN=[N+]=[N-])O[C@H](CO)[C@@H]2O1.